The first kappa shape index (κ1) is 48.7. The minimum absolute atomic E-state index is 0.163. The van der Waals surface area contributed by atoms with E-state index in [4.69, 9.17) is 42.4 Å². The van der Waals surface area contributed by atoms with Gasteiger partial charge in [0, 0.05) is 56.8 Å². The first-order valence-electron chi connectivity index (χ1n) is 23.5. The molecule has 10 heteroatoms. The van der Waals surface area contributed by atoms with Crippen molar-refractivity contribution in [3.8, 4) is 11.6 Å². The lowest BCUT2D eigenvalue weighted by Crippen LogP contribution is -2.46. The number of aromatic nitrogens is 1. The Hall–Kier alpha value is -2.94. The number of ether oxygens (including phenoxy) is 3. The molecule has 4 rings (SSSR count). The minimum atomic E-state index is -0.293. The fourth-order valence-electron chi connectivity index (χ4n) is 7.93. The van der Waals surface area contributed by atoms with Crippen molar-refractivity contribution in [3.05, 3.63) is 58.6 Å². The van der Waals surface area contributed by atoms with Crippen molar-refractivity contribution in [1.29, 1.82) is 0 Å². The van der Waals surface area contributed by atoms with Gasteiger partial charge in [0.15, 0.2) is 0 Å². The van der Waals surface area contributed by atoms with E-state index in [1.165, 1.54) is 103 Å². The Morgan fingerprint density at radius 3 is 1.85 bits per heavy atom. The molecule has 0 atom stereocenters. The summed E-state index contributed by atoms with van der Waals surface area (Å²) in [5.74, 6) is 1.21. The van der Waals surface area contributed by atoms with Gasteiger partial charge >= 0.3 is 6.09 Å². The van der Waals surface area contributed by atoms with Crippen LogP contribution in [0, 0.1) is 0 Å². The summed E-state index contributed by atoms with van der Waals surface area (Å²) < 4.78 is 17.7. The van der Waals surface area contributed by atoms with E-state index in [1.54, 1.807) is 0 Å². The Bertz CT molecular complexity index is 1550. The maximum atomic E-state index is 13.3. The van der Waals surface area contributed by atoms with E-state index in [1.807, 2.05) is 53.4 Å². The van der Waals surface area contributed by atoms with Gasteiger partial charge in [-0.3, -0.25) is 4.90 Å². The number of halogens is 2. The monoisotopic (exact) mass is 855 g/mol. The summed E-state index contributed by atoms with van der Waals surface area (Å²) >= 11 is 12.7. The highest BCUT2D eigenvalue weighted by atomic mass is 35.5. The molecular weight excluding hydrogens is 779 g/mol. The second-order valence-electron chi connectivity index (χ2n) is 16.5. The molecule has 0 unspecified atom stereocenters. The zero-order valence-corrected chi connectivity index (χ0v) is 38.2. The van der Waals surface area contributed by atoms with Crippen LogP contribution in [-0.4, -0.2) is 80.1 Å². The Morgan fingerprint density at radius 2 is 1.24 bits per heavy atom. The van der Waals surface area contributed by atoms with Crippen molar-refractivity contribution >= 4 is 45.9 Å². The molecule has 0 radical (unpaired) electrons. The molecule has 0 spiro atoms. The highest BCUT2D eigenvalue weighted by Gasteiger charge is 2.20. The maximum absolute atomic E-state index is 13.3. The molecule has 8 nitrogen and oxygen atoms in total. The molecule has 3 aromatic rings. The second kappa shape index (κ2) is 30.1. The van der Waals surface area contributed by atoms with Crippen LogP contribution in [0.3, 0.4) is 0 Å². The largest absolute Gasteiger partial charge is 0.494 e. The minimum Gasteiger partial charge on any atom is -0.494 e. The van der Waals surface area contributed by atoms with Crippen LogP contribution in [0.2, 0.25) is 10.0 Å². The average Bonchev–Trinajstić information content (AvgIpc) is 3.25. The number of anilines is 1. The molecule has 59 heavy (non-hydrogen) atoms. The first-order chi connectivity index (χ1) is 29.0. The topological polar surface area (TPSA) is 67.4 Å². The Morgan fingerprint density at radius 1 is 0.661 bits per heavy atom. The number of amides is 1. The zero-order chi connectivity index (χ0) is 41.8. The van der Waals surface area contributed by atoms with Crippen molar-refractivity contribution in [2.45, 2.75) is 155 Å². The maximum Gasteiger partial charge on any atom is 0.412 e. The fourth-order valence-corrected chi connectivity index (χ4v) is 8.35. The molecule has 2 heterocycles. The number of hydrogen-bond acceptors (Lipinski definition) is 7. The lowest BCUT2D eigenvalue weighted by atomic mass is 10.1. The molecule has 1 fully saturated rings. The summed E-state index contributed by atoms with van der Waals surface area (Å²) in [6, 6.07) is 15.6. The summed E-state index contributed by atoms with van der Waals surface area (Å²) in [5, 5.41) is 2.24. The number of hydrogen-bond donors (Lipinski definition) is 0. The van der Waals surface area contributed by atoms with E-state index >= 15 is 0 Å². The summed E-state index contributed by atoms with van der Waals surface area (Å²) in [4.78, 5) is 24.7. The van der Waals surface area contributed by atoms with E-state index in [2.05, 4.69) is 23.6 Å². The van der Waals surface area contributed by atoms with E-state index in [0.29, 0.717) is 22.5 Å². The number of carbonyl (C=O) groups is 1. The van der Waals surface area contributed by atoms with Gasteiger partial charge in [-0.2, -0.15) is 0 Å². The van der Waals surface area contributed by atoms with Gasteiger partial charge in [-0.15, -0.1) is 0 Å². The highest BCUT2D eigenvalue weighted by molar-refractivity contribution is 6.43. The smallest absolute Gasteiger partial charge is 0.412 e. The number of benzene rings is 2. The Kier molecular flexibility index (Phi) is 24.9. The number of pyridine rings is 1. The lowest BCUT2D eigenvalue weighted by molar-refractivity contribution is 0.0323. The van der Waals surface area contributed by atoms with Gasteiger partial charge in [-0.25, -0.2) is 9.78 Å². The van der Waals surface area contributed by atoms with Crippen LogP contribution in [0.1, 0.15) is 155 Å². The average molecular weight is 856 g/mol. The molecule has 0 aliphatic carbocycles. The van der Waals surface area contributed by atoms with E-state index in [-0.39, 0.29) is 12.9 Å². The second-order valence-corrected chi connectivity index (χ2v) is 17.3. The summed E-state index contributed by atoms with van der Waals surface area (Å²) in [6.07, 6.45) is 27.3. The van der Waals surface area contributed by atoms with Crippen molar-refractivity contribution in [1.82, 2.24) is 14.8 Å². The number of piperazine rings is 1. The molecule has 330 valence electrons. The van der Waals surface area contributed by atoms with Gasteiger partial charge in [-0.05, 0) is 62.6 Å². The van der Waals surface area contributed by atoms with Gasteiger partial charge in [0.1, 0.15) is 5.75 Å². The van der Waals surface area contributed by atoms with Gasteiger partial charge in [0.2, 0.25) is 12.7 Å². The van der Waals surface area contributed by atoms with Crippen LogP contribution in [0.5, 0.6) is 11.6 Å². The summed E-state index contributed by atoms with van der Waals surface area (Å²) in [5.41, 5.74) is 1.80. The molecule has 1 aliphatic heterocycles. The normalized spacial score (nSPS) is 13.3. The molecule has 2 aromatic carbocycles. The summed E-state index contributed by atoms with van der Waals surface area (Å²) in [7, 11) is 0. The highest BCUT2D eigenvalue weighted by Crippen LogP contribution is 2.33. The van der Waals surface area contributed by atoms with Crippen LogP contribution >= 0.6 is 23.2 Å². The van der Waals surface area contributed by atoms with Gasteiger partial charge in [-0.1, -0.05) is 159 Å². The molecule has 1 amide bonds. The molecule has 0 N–H and O–H groups in total. The van der Waals surface area contributed by atoms with Crippen molar-refractivity contribution in [2.75, 3.05) is 64.1 Å². The predicted octanol–water partition coefficient (Wildman–Crippen LogP) is 14.1. The Labute approximate surface area is 367 Å². The molecule has 0 bridgehead atoms. The molecule has 1 aromatic heterocycles. The third kappa shape index (κ3) is 19.5. The Balaban J connectivity index is 1.14. The number of fused-ring (bicyclic) bond motifs is 1. The predicted molar refractivity (Wildman–Crippen MR) is 249 cm³/mol. The van der Waals surface area contributed by atoms with Crippen LogP contribution in [-0.2, 0) is 4.74 Å². The van der Waals surface area contributed by atoms with Crippen molar-refractivity contribution in [3.63, 3.8) is 0 Å². The lowest BCUT2D eigenvalue weighted by Gasteiger charge is -2.36. The van der Waals surface area contributed by atoms with Crippen LogP contribution in [0.15, 0.2) is 48.5 Å². The van der Waals surface area contributed by atoms with Gasteiger partial charge < -0.3 is 24.0 Å². The number of carbonyl (C=O) groups excluding carboxylic acids is 1. The quantitative estimate of drug-likeness (QED) is 0.0458. The van der Waals surface area contributed by atoms with E-state index in [9.17, 15) is 4.79 Å². The molecule has 0 saturated carbocycles. The number of unbranched alkanes of at least 4 members (excludes halogenated alkanes) is 19. The number of nitrogens with zero attached hydrogens (tertiary/aromatic N) is 4. The molecular formula is C49H76Cl2N4O4. The van der Waals surface area contributed by atoms with Crippen LogP contribution in [0.4, 0.5) is 10.5 Å². The fraction of sp³-hybridized carbons (Fsp3) is 0.673. The van der Waals surface area contributed by atoms with Gasteiger partial charge in [0.05, 0.1) is 27.9 Å². The van der Waals surface area contributed by atoms with Crippen molar-refractivity contribution < 1.29 is 19.0 Å². The van der Waals surface area contributed by atoms with Gasteiger partial charge in [0.25, 0.3) is 0 Å². The SMILES string of the molecule is CCCCCCCCCCCCN(CCCCCCCCCCCC)C(=O)OCOc1ccc2ccc(OCCCCN3CCN(c4cccc(Cl)c4Cl)CC3)cc2n1. The van der Waals surface area contributed by atoms with Crippen LogP contribution in [0.25, 0.3) is 10.9 Å². The third-order valence-corrected chi connectivity index (χ3v) is 12.4. The van der Waals surface area contributed by atoms with Crippen molar-refractivity contribution in [2.24, 2.45) is 0 Å². The third-order valence-electron chi connectivity index (χ3n) is 11.6. The zero-order valence-electron chi connectivity index (χ0n) is 36.7. The standard InChI is InChI=1S/C49H76Cl2N4O4/c1-3-5-7-9-11-13-15-17-19-21-33-55(34-22-20-18-16-14-12-10-8-6-4-2)49(56)59-41-58-47-31-29-42-28-30-43(40-45(42)52-47)57-39-24-23-32-53-35-37-54(38-36-53)46-27-25-26-44(50)48(46)51/h25-31,40H,3-24,32-39,41H2,1-2H3. The number of rotatable bonds is 32. The van der Waals surface area contributed by atoms with E-state index in [0.717, 1.165) is 107 Å². The van der Waals surface area contributed by atoms with Crippen LogP contribution < -0.4 is 14.4 Å². The van der Waals surface area contributed by atoms with E-state index < -0.39 is 0 Å². The summed E-state index contributed by atoms with van der Waals surface area (Å²) in [6.45, 7) is 11.4. The molecule has 1 saturated heterocycles. The molecule has 1 aliphatic rings. The first-order valence-corrected chi connectivity index (χ1v) is 24.2.